The van der Waals surface area contributed by atoms with Crippen LogP contribution < -0.4 is 15.4 Å². The van der Waals surface area contributed by atoms with E-state index in [-0.39, 0.29) is 11.7 Å². The minimum Gasteiger partial charge on any atom is -0.497 e. The molecular formula is C23H22F2N6O. The maximum absolute atomic E-state index is 14.3. The molecule has 0 amide bonds. The van der Waals surface area contributed by atoms with Gasteiger partial charge in [0.1, 0.15) is 22.9 Å². The molecule has 0 saturated heterocycles. The third-order valence-electron chi connectivity index (χ3n) is 5.64. The summed E-state index contributed by atoms with van der Waals surface area (Å²) in [5, 5.41) is 6.16. The Morgan fingerprint density at radius 1 is 1.00 bits per heavy atom. The number of ether oxygens (including phenoxy) is 1. The summed E-state index contributed by atoms with van der Waals surface area (Å²) in [7, 11) is 1.62. The molecule has 32 heavy (non-hydrogen) atoms. The van der Waals surface area contributed by atoms with Crippen LogP contribution in [-0.4, -0.2) is 26.6 Å². The van der Waals surface area contributed by atoms with Crippen molar-refractivity contribution >= 4 is 34.4 Å². The summed E-state index contributed by atoms with van der Waals surface area (Å²) in [6.45, 7) is 0. The number of aromatic nitrogens is 4. The molecule has 2 aromatic carbocycles. The summed E-state index contributed by atoms with van der Waals surface area (Å²) in [6.07, 6.45) is 5.76. The molecule has 0 bridgehead atoms. The van der Waals surface area contributed by atoms with E-state index in [9.17, 15) is 8.78 Å². The van der Waals surface area contributed by atoms with E-state index in [4.69, 9.17) is 9.72 Å². The molecule has 2 N–H and O–H groups in total. The van der Waals surface area contributed by atoms with Gasteiger partial charge in [0, 0.05) is 17.8 Å². The molecule has 2 aromatic heterocycles. The van der Waals surface area contributed by atoms with Crippen LogP contribution in [0.5, 0.6) is 5.75 Å². The van der Waals surface area contributed by atoms with Gasteiger partial charge < -0.3 is 15.4 Å². The highest BCUT2D eigenvalue weighted by Crippen LogP contribution is 2.36. The number of nitrogens with one attached hydrogen (secondary N) is 2. The Balaban J connectivity index is 1.53. The number of hydrogen-bond acceptors (Lipinski definition) is 6. The molecule has 164 valence electrons. The average molecular weight is 436 g/mol. The Bertz CT molecular complexity index is 1250. The molecule has 1 saturated carbocycles. The van der Waals surface area contributed by atoms with Gasteiger partial charge in [-0.15, -0.1) is 0 Å². The number of anilines is 4. The van der Waals surface area contributed by atoms with E-state index >= 15 is 0 Å². The first-order valence-corrected chi connectivity index (χ1v) is 10.5. The molecule has 0 atom stereocenters. The first kappa shape index (κ1) is 20.2. The van der Waals surface area contributed by atoms with Crippen LogP contribution in [-0.2, 0) is 0 Å². The van der Waals surface area contributed by atoms with Crippen LogP contribution in [0.3, 0.4) is 0 Å². The molecule has 1 fully saturated rings. The SMILES string of the molecule is COc1ccc(Nc2ncc3nc(Nc4cc(F)ccc4F)n(C4CCCC4)c3n2)cc1. The van der Waals surface area contributed by atoms with Crippen molar-refractivity contribution in [1.82, 2.24) is 19.5 Å². The van der Waals surface area contributed by atoms with Crippen LogP contribution >= 0.6 is 0 Å². The van der Waals surface area contributed by atoms with E-state index < -0.39 is 11.6 Å². The highest BCUT2D eigenvalue weighted by molar-refractivity contribution is 5.77. The van der Waals surface area contributed by atoms with Crippen LogP contribution in [0.1, 0.15) is 31.7 Å². The van der Waals surface area contributed by atoms with Gasteiger partial charge in [-0.05, 0) is 49.2 Å². The van der Waals surface area contributed by atoms with E-state index in [0.717, 1.165) is 55.3 Å². The molecule has 5 rings (SSSR count). The molecule has 1 aliphatic rings. The lowest BCUT2D eigenvalue weighted by molar-refractivity contribution is 0.415. The Morgan fingerprint density at radius 2 is 1.78 bits per heavy atom. The molecule has 0 aliphatic heterocycles. The number of nitrogens with zero attached hydrogens (tertiary/aromatic N) is 4. The predicted octanol–water partition coefficient (Wildman–Crippen LogP) is 5.72. The first-order valence-electron chi connectivity index (χ1n) is 10.5. The fourth-order valence-electron chi connectivity index (χ4n) is 4.06. The molecule has 2 heterocycles. The lowest BCUT2D eigenvalue weighted by Gasteiger charge is -2.17. The van der Waals surface area contributed by atoms with Crippen LogP contribution in [0.25, 0.3) is 11.2 Å². The standard InChI is InChI=1S/C23H22F2N6O/c1-32-17-9-7-15(8-10-17)27-22-26-13-20-21(30-22)31(16-4-2-3-5-16)23(29-20)28-19-12-14(24)6-11-18(19)25/h6-13,16H,2-5H2,1H3,(H,28,29)(H,26,27,30). The highest BCUT2D eigenvalue weighted by atomic mass is 19.1. The fraction of sp³-hybridized carbons (Fsp3) is 0.261. The largest absolute Gasteiger partial charge is 0.497 e. The third-order valence-corrected chi connectivity index (χ3v) is 5.64. The first-order chi connectivity index (χ1) is 15.6. The molecular weight excluding hydrogens is 414 g/mol. The number of rotatable bonds is 6. The van der Waals surface area contributed by atoms with Gasteiger partial charge in [0.25, 0.3) is 0 Å². The van der Waals surface area contributed by atoms with Gasteiger partial charge in [-0.2, -0.15) is 4.98 Å². The minimum atomic E-state index is -0.552. The van der Waals surface area contributed by atoms with Crippen molar-refractivity contribution in [2.45, 2.75) is 31.7 Å². The zero-order chi connectivity index (χ0) is 22.1. The quantitative estimate of drug-likeness (QED) is 0.403. The molecule has 0 radical (unpaired) electrons. The lowest BCUT2D eigenvalue weighted by Crippen LogP contribution is -2.10. The number of halogens is 2. The highest BCUT2D eigenvalue weighted by Gasteiger charge is 2.24. The second-order valence-corrected chi connectivity index (χ2v) is 7.75. The van der Waals surface area contributed by atoms with Gasteiger partial charge in [0.2, 0.25) is 11.9 Å². The van der Waals surface area contributed by atoms with Gasteiger partial charge >= 0.3 is 0 Å². The number of methoxy groups -OCH3 is 1. The van der Waals surface area contributed by atoms with Crippen molar-refractivity contribution in [3.05, 3.63) is 60.3 Å². The van der Waals surface area contributed by atoms with Crippen LogP contribution in [0.4, 0.5) is 32.1 Å². The molecule has 1 aliphatic carbocycles. The van der Waals surface area contributed by atoms with Gasteiger partial charge in [-0.1, -0.05) is 12.8 Å². The van der Waals surface area contributed by atoms with Crippen LogP contribution in [0, 0.1) is 11.6 Å². The normalized spacial score (nSPS) is 14.1. The second kappa shape index (κ2) is 8.41. The summed E-state index contributed by atoms with van der Waals surface area (Å²) < 4.78 is 35.1. The van der Waals surface area contributed by atoms with E-state index in [2.05, 4.69) is 20.6 Å². The number of imidazole rings is 1. The maximum Gasteiger partial charge on any atom is 0.229 e. The summed E-state index contributed by atoms with van der Waals surface area (Å²) in [5.74, 6) is 0.525. The number of benzene rings is 2. The molecule has 0 unspecified atom stereocenters. The van der Waals surface area contributed by atoms with Crippen molar-refractivity contribution in [3.8, 4) is 5.75 Å². The van der Waals surface area contributed by atoms with Crippen LogP contribution in [0.2, 0.25) is 0 Å². The molecule has 0 spiro atoms. The van der Waals surface area contributed by atoms with E-state index in [1.165, 1.54) is 0 Å². The van der Waals surface area contributed by atoms with Gasteiger partial charge in [0.05, 0.1) is 19.0 Å². The topological polar surface area (TPSA) is 76.9 Å². The number of hydrogen-bond donors (Lipinski definition) is 2. The zero-order valence-corrected chi connectivity index (χ0v) is 17.5. The maximum atomic E-state index is 14.3. The van der Waals surface area contributed by atoms with E-state index in [1.54, 1.807) is 13.3 Å². The zero-order valence-electron chi connectivity index (χ0n) is 17.5. The van der Waals surface area contributed by atoms with Crippen LogP contribution in [0.15, 0.2) is 48.7 Å². The van der Waals surface area contributed by atoms with Gasteiger partial charge in [-0.3, -0.25) is 4.57 Å². The van der Waals surface area contributed by atoms with Crippen molar-refractivity contribution in [2.24, 2.45) is 0 Å². The Hall–Kier alpha value is -3.75. The minimum absolute atomic E-state index is 0.0316. The summed E-state index contributed by atoms with van der Waals surface area (Å²) in [6, 6.07) is 10.9. The van der Waals surface area contributed by atoms with Crippen molar-refractivity contribution in [2.75, 3.05) is 17.7 Å². The Morgan fingerprint density at radius 3 is 2.53 bits per heavy atom. The predicted molar refractivity (Wildman–Crippen MR) is 119 cm³/mol. The van der Waals surface area contributed by atoms with Gasteiger partial charge in [-0.25, -0.2) is 18.7 Å². The third kappa shape index (κ3) is 3.93. The molecule has 7 nitrogen and oxygen atoms in total. The molecule has 4 aromatic rings. The lowest BCUT2D eigenvalue weighted by atomic mass is 10.2. The van der Waals surface area contributed by atoms with E-state index in [0.29, 0.717) is 23.1 Å². The summed E-state index contributed by atoms with van der Waals surface area (Å²) in [5.41, 5.74) is 2.07. The molecule has 9 heteroatoms. The monoisotopic (exact) mass is 436 g/mol. The Kier molecular flexibility index (Phi) is 5.30. The Labute approximate surface area is 183 Å². The second-order valence-electron chi connectivity index (χ2n) is 7.75. The van der Waals surface area contributed by atoms with Crippen molar-refractivity contribution in [3.63, 3.8) is 0 Å². The summed E-state index contributed by atoms with van der Waals surface area (Å²) >= 11 is 0. The fourth-order valence-corrected chi connectivity index (χ4v) is 4.06. The van der Waals surface area contributed by atoms with Crippen molar-refractivity contribution < 1.29 is 13.5 Å². The summed E-state index contributed by atoms with van der Waals surface area (Å²) in [4.78, 5) is 13.7. The number of fused-ring (bicyclic) bond motifs is 1. The van der Waals surface area contributed by atoms with E-state index in [1.807, 2.05) is 28.8 Å². The smallest absolute Gasteiger partial charge is 0.229 e. The van der Waals surface area contributed by atoms with Gasteiger partial charge in [0.15, 0.2) is 5.65 Å². The average Bonchev–Trinajstić information content (AvgIpc) is 3.44. The van der Waals surface area contributed by atoms with Crippen molar-refractivity contribution in [1.29, 1.82) is 0 Å².